The monoisotopic (exact) mass is 225 g/mol. The highest BCUT2D eigenvalue weighted by molar-refractivity contribution is 7.16. The van der Waals surface area contributed by atoms with E-state index in [1.165, 1.54) is 11.3 Å². The van der Waals surface area contributed by atoms with E-state index in [1.54, 1.807) is 7.11 Å². The number of methoxy groups -OCH3 is 1. The Morgan fingerprint density at radius 2 is 2.40 bits per heavy atom. The number of thiophene rings is 1. The van der Waals surface area contributed by atoms with E-state index in [9.17, 15) is 0 Å². The second kappa shape index (κ2) is 4.00. The average molecular weight is 225 g/mol. The minimum atomic E-state index is 0.340. The number of rotatable bonds is 3. The molecule has 15 heavy (non-hydrogen) atoms. The Morgan fingerprint density at radius 1 is 1.60 bits per heavy atom. The van der Waals surface area contributed by atoms with E-state index in [2.05, 4.69) is 10.1 Å². The second-order valence-electron chi connectivity index (χ2n) is 3.08. The molecule has 2 heterocycles. The highest BCUT2D eigenvalue weighted by atomic mass is 32.1. The average Bonchev–Trinajstić information content (AvgIpc) is 2.73. The SMILES string of the molecule is COCc1noc(-c2cc(C)sc2N)n1. The van der Waals surface area contributed by atoms with E-state index in [0.717, 1.165) is 10.4 Å². The summed E-state index contributed by atoms with van der Waals surface area (Å²) in [5, 5.41) is 4.47. The van der Waals surface area contributed by atoms with Gasteiger partial charge in [-0.15, -0.1) is 11.3 Å². The van der Waals surface area contributed by atoms with E-state index in [0.29, 0.717) is 23.3 Å². The lowest BCUT2D eigenvalue weighted by Crippen LogP contribution is -1.89. The Balaban J connectivity index is 2.32. The molecule has 0 saturated carbocycles. The number of aryl methyl sites for hydroxylation is 1. The first kappa shape index (κ1) is 10.1. The zero-order chi connectivity index (χ0) is 10.8. The van der Waals surface area contributed by atoms with E-state index >= 15 is 0 Å². The summed E-state index contributed by atoms with van der Waals surface area (Å²) in [4.78, 5) is 5.29. The molecule has 0 bridgehead atoms. The molecule has 0 aliphatic heterocycles. The predicted octanol–water partition coefficient (Wildman–Crippen LogP) is 1.84. The van der Waals surface area contributed by atoms with Gasteiger partial charge in [-0.25, -0.2) is 0 Å². The molecular weight excluding hydrogens is 214 g/mol. The normalized spacial score (nSPS) is 10.8. The van der Waals surface area contributed by atoms with Crippen molar-refractivity contribution in [3.05, 3.63) is 16.8 Å². The number of hydrogen-bond donors (Lipinski definition) is 1. The number of nitrogens with zero attached hydrogens (tertiary/aromatic N) is 2. The van der Waals surface area contributed by atoms with Gasteiger partial charge in [-0.1, -0.05) is 5.16 Å². The van der Waals surface area contributed by atoms with Gasteiger partial charge in [0.1, 0.15) is 6.61 Å². The maximum absolute atomic E-state index is 5.82. The van der Waals surface area contributed by atoms with Crippen molar-refractivity contribution in [2.45, 2.75) is 13.5 Å². The van der Waals surface area contributed by atoms with Crippen molar-refractivity contribution in [3.63, 3.8) is 0 Å². The van der Waals surface area contributed by atoms with E-state index in [1.807, 2.05) is 13.0 Å². The minimum absolute atomic E-state index is 0.340. The quantitative estimate of drug-likeness (QED) is 0.862. The molecule has 5 nitrogen and oxygen atoms in total. The first-order valence-corrected chi connectivity index (χ1v) is 5.20. The first-order chi connectivity index (χ1) is 7.20. The van der Waals surface area contributed by atoms with Crippen molar-refractivity contribution in [3.8, 4) is 11.5 Å². The predicted molar refractivity (Wildman–Crippen MR) is 57.5 cm³/mol. The third-order valence-corrected chi connectivity index (χ3v) is 2.74. The Kier molecular flexibility index (Phi) is 2.70. The fourth-order valence-electron chi connectivity index (χ4n) is 1.25. The van der Waals surface area contributed by atoms with E-state index < -0.39 is 0 Å². The minimum Gasteiger partial charge on any atom is -0.390 e. The van der Waals surface area contributed by atoms with Crippen LogP contribution in [0, 0.1) is 6.92 Å². The molecule has 2 N–H and O–H groups in total. The Bertz CT molecular complexity index is 464. The molecule has 2 rings (SSSR count). The van der Waals surface area contributed by atoms with Crippen molar-refractivity contribution in [1.82, 2.24) is 10.1 Å². The van der Waals surface area contributed by atoms with Gasteiger partial charge in [0.05, 0.1) is 10.6 Å². The third-order valence-electron chi connectivity index (χ3n) is 1.86. The largest absolute Gasteiger partial charge is 0.390 e. The van der Waals surface area contributed by atoms with Gasteiger partial charge in [-0.2, -0.15) is 4.98 Å². The van der Waals surface area contributed by atoms with Crippen LogP contribution in [0.1, 0.15) is 10.7 Å². The smallest absolute Gasteiger partial charge is 0.261 e. The van der Waals surface area contributed by atoms with Crippen LogP contribution in [0.5, 0.6) is 0 Å². The van der Waals surface area contributed by atoms with Crippen LogP contribution in [-0.4, -0.2) is 17.3 Å². The van der Waals surface area contributed by atoms with Crippen LogP contribution in [0.2, 0.25) is 0 Å². The molecule has 0 fully saturated rings. The van der Waals surface area contributed by atoms with Crippen LogP contribution < -0.4 is 5.73 Å². The van der Waals surface area contributed by atoms with Gasteiger partial charge in [0.2, 0.25) is 0 Å². The summed E-state index contributed by atoms with van der Waals surface area (Å²) in [5.41, 5.74) is 6.61. The highest BCUT2D eigenvalue weighted by Crippen LogP contribution is 2.32. The highest BCUT2D eigenvalue weighted by Gasteiger charge is 2.13. The zero-order valence-electron chi connectivity index (χ0n) is 8.48. The molecular formula is C9H11N3O2S. The van der Waals surface area contributed by atoms with Crippen LogP contribution >= 0.6 is 11.3 Å². The number of nitrogen functional groups attached to an aromatic ring is 1. The van der Waals surface area contributed by atoms with Crippen molar-refractivity contribution >= 4 is 16.3 Å². The van der Waals surface area contributed by atoms with Gasteiger partial charge in [-0.05, 0) is 13.0 Å². The summed E-state index contributed by atoms with van der Waals surface area (Å²) < 4.78 is 9.98. The van der Waals surface area contributed by atoms with Crippen molar-refractivity contribution in [2.75, 3.05) is 12.8 Å². The van der Waals surface area contributed by atoms with E-state index in [4.69, 9.17) is 15.0 Å². The summed E-state index contributed by atoms with van der Waals surface area (Å²) in [5.74, 6) is 0.972. The maximum Gasteiger partial charge on any atom is 0.261 e. The molecule has 2 aromatic heterocycles. The van der Waals surface area contributed by atoms with Crippen molar-refractivity contribution in [1.29, 1.82) is 0 Å². The molecule has 0 aromatic carbocycles. The van der Waals surface area contributed by atoms with Gasteiger partial charge in [-0.3, -0.25) is 0 Å². The lowest BCUT2D eigenvalue weighted by molar-refractivity contribution is 0.174. The van der Waals surface area contributed by atoms with Gasteiger partial charge in [0, 0.05) is 12.0 Å². The maximum atomic E-state index is 5.82. The molecule has 0 aliphatic rings. The summed E-state index contributed by atoms with van der Waals surface area (Å²) >= 11 is 1.51. The van der Waals surface area contributed by atoms with Gasteiger partial charge >= 0.3 is 0 Å². The molecule has 80 valence electrons. The molecule has 0 atom stereocenters. The van der Waals surface area contributed by atoms with Crippen LogP contribution in [0.3, 0.4) is 0 Å². The van der Waals surface area contributed by atoms with Gasteiger partial charge in [0.25, 0.3) is 5.89 Å². The summed E-state index contributed by atoms with van der Waals surface area (Å²) in [6.45, 7) is 2.32. The topological polar surface area (TPSA) is 74.2 Å². The third kappa shape index (κ3) is 2.00. The second-order valence-corrected chi connectivity index (χ2v) is 4.37. The number of ether oxygens (including phenoxy) is 1. The van der Waals surface area contributed by atoms with Crippen molar-refractivity contribution in [2.24, 2.45) is 0 Å². The molecule has 0 aliphatic carbocycles. The molecule has 6 heteroatoms. The summed E-state index contributed by atoms with van der Waals surface area (Å²) in [6.07, 6.45) is 0. The molecule has 0 unspecified atom stereocenters. The molecule has 0 radical (unpaired) electrons. The van der Waals surface area contributed by atoms with Gasteiger partial charge < -0.3 is 15.0 Å². The molecule has 0 spiro atoms. The van der Waals surface area contributed by atoms with Crippen LogP contribution in [-0.2, 0) is 11.3 Å². The Morgan fingerprint density at radius 3 is 3.00 bits per heavy atom. The van der Waals surface area contributed by atoms with Gasteiger partial charge in [0.15, 0.2) is 5.82 Å². The fraction of sp³-hybridized carbons (Fsp3) is 0.333. The van der Waals surface area contributed by atoms with Crippen LogP contribution in [0.4, 0.5) is 5.00 Å². The summed E-state index contributed by atoms with van der Waals surface area (Å²) in [7, 11) is 1.58. The Hall–Kier alpha value is -1.40. The van der Waals surface area contributed by atoms with Crippen LogP contribution in [0.15, 0.2) is 10.6 Å². The van der Waals surface area contributed by atoms with Crippen LogP contribution in [0.25, 0.3) is 11.5 Å². The molecule has 0 amide bonds. The standard InChI is InChI=1S/C9H11N3O2S/c1-5-3-6(8(10)15-5)9-11-7(4-13-2)12-14-9/h3H,4,10H2,1-2H3. The van der Waals surface area contributed by atoms with Crippen molar-refractivity contribution < 1.29 is 9.26 Å². The first-order valence-electron chi connectivity index (χ1n) is 4.38. The molecule has 2 aromatic rings. The fourth-order valence-corrected chi connectivity index (χ4v) is 2.03. The lowest BCUT2D eigenvalue weighted by Gasteiger charge is -1.89. The number of aromatic nitrogens is 2. The summed E-state index contributed by atoms with van der Waals surface area (Å²) in [6, 6.07) is 1.93. The lowest BCUT2D eigenvalue weighted by atomic mass is 10.3. The number of hydrogen-bond acceptors (Lipinski definition) is 6. The number of nitrogens with two attached hydrogens (primary N) is 1. The van der Waals surface area contributed by atoms with E-state index in [-0.39, 0.29) is 0 Å². The zero-order valence-corrected chi connectivity index (χ0v) is 9.30. The molecule has 0 saturated heterocycles. The Labute approximate surface area is 90.9 Å². The number of anilines is 1.